The summed E-state index contributed by atoms with van der Waals surface area (Å²) in [5.74, 6) is -0.360. The number of carbonyl (C=O) groups excluding carboxylic acids is 2. The van der Waals surface area contributed by atoms with Crippen molar-refractivity contribution >= 4 is 34.5 Å². The molecule has 0 radical (unpaired) electrons. The number of amides is 2. The van der Waals surface area contributed by atoms with Crippen molar-refractivity contribution in [3.05, 3.63) is 70.4 Å². The van der Waals surface area contributed by atoms with E-state index in [-0.39, 0.29) is 23.7 Å². The molecule has 0 bridgehead atoms. The van der Waals surface area contributed by atoms with Crippen LogP contribution in [-0.4, -0.2) is 18.4 Å². The molecule has 168 valence electrons. The van der Waals surface area contributed by atoms with Gasteiger partial charge in [0.1, 0.15) is 0 Å². The third-order valence-electron chi connectivity index (χ3n) is 6.09. The molecule has 1 aliphatic rings. The summed E-state index contributed by atoms with van der Waals surface area (Å²) in [5, 5.41) is 8.22. The summed E-state index contributed by atoms with van der Waals surface area (Å²) < 4.78 is 0. The van der Waals surface area contributed by atoms with E-state index in [4.69, 9.17) is 0 Å². The van der Waals surface area contributed by atoms with Crippen LogP contribution in [-0.2, 0) is 22.6 Å². The topological polar surface area (TPSA) is 58.2 Å². The summed E-state index contributed by atoms with van der Waals surface area (Å²) in [6.45, 7) is 1.20. The highest BCUT2D eigenvalue weighted by Gasteiger charge is 2.37. The highest BCUT2D eigenvalue weighted by Crippen LogP contribution is 2.33. The molecule has 32 heavy (non-hydrogen) atoms. The minimum atomic E-state index is -0.212. The first-order chi connectivity index (χ1) is 15.7. The number of benzene rings is 1. The van der Waals surface area contributed by atoms with Gasteiger partial charge in [0.25, 0.3) is 0 Å². The molecule has 0 spiro atoms. The second-order valence-corrected chi connectivity index (χ2v) is 10.5. The largest absolute Gasteiger partial charge is 0.356 e. The second kappa shape index (κ2) is 11.4. The van der Waals surface area contributed by atoms with Crippen LogP contribution in [0.3, 0.4) is 0 Å². The molecule has 1 fully saturated rings. The van der Waals surface area contributed by atoms with Gasteiger partial charge < -0.3 is 10.6 Å². The monoisotopic (exact) mass is 466 g/mol. The van der Waals surface area contributed by atoms with Crippen LogP contribution in [0.25, 0.3) is 9.75 Å². The molecule has 4 rings (SSSR count). The Morgan fingerprint density at radius 2 is 1.62 bits per heavy atom. The van der Waals surface area contributed by atoms with Crippen molar-refractivity contribution in [1.82, 2.24) is 10.6 Å². The maximum absolute atomic E-state index is 12.8. The first-order valence-corrected chi connectivity index (χ1v) is 13.1. The standard InChI is InChI=1S/C26H30N2O2S2/c29-25(27-16-5-4-10-19-8-2-1-3-9-19)21-11-6-12-22(21)26(30)28-18-20-14-15-24(32-20)23-13-7-17-31-23/h1-3,7-9,13-15,17,21-22H,4-6,10-12,16,18H2,(H,27,29)(H,28,30)/t21-,22-/m1/s1. The SMILES string of the molecule is O=C(NCCCCc1ccccc1)[C@@H]1CCC[C@H]1C(=O)NCc1ccc(-c2cccs2)s1. The summed E-state index contributed by atoms with van der Waals surface area (Å²) in [5.41, 5.74) is 1.33. The molecule has 0 unspecified atom stereocenters. The van der Waals surface area contributed by atoms with Crippen LogP contribution in [0.4, 0.5) is 0 Å². The van der Waals surface area contributed by atoms with Crippen LogP contribution in [0.15, 0.2) is 60.0 Å². The highest BCUT2D eigenvalue weighted by atomic mass is 32.1. The quantitative estimate of drug-likeness (QED) is 0.380. The number of unbranched alkanes of at least 4 members (excludes halogenated alkanes) is 1. The molecule has 4 nitrogen and oxygen atoms in total. The van der Waals surface area contributed by atoms with E-state index in [2.05, 4.69) is 64.5 Å². The normalized spacial score (nSPS) is 17.9. The van der Waals surface area contributed by atoms with Crippen molar-refractivity contribution in [3.8, 4) is 9.75 Å². The molecule has 2 amide bonds. The zero-order chi connectivity index (χ0) is 22.2. The van der Waals surface area contributed by atoms with Gasteiger partial charge in [0, 0.05) is 33.0 Å². The molecule has 3 aromatic rings. The molecular weight excluding hydrogens is 436 g/mol. The average Bonchev–Trinajstić information content (AvgIpc) is 3.59. The van der Waals surface area contributed by atoms with Crippen molar-refractivity contribution in [1.29, 1.82) is 0 Å². The number of nitrogens with one attached hydrogen (secondary N) is 2. The van der Waals surface area contributed by atoms with Gasteiger partial charge in [-0.05, 0) is 61.2 Å². The lowest BCUT2D eigenvalue weighted by atomic mass is 9.94. The predicted octanol–water partition coefficient (Wildman–Crippen LogP) is 5.65. The van der Waals surface area contributed by atoms with Gasteiger partial charge in [-0.2, -0.15) is 0 Å². The van der Waals surface area contributed by atoms with E-state index in [0.29, 0.717) is 13.1 Å². The lowest BCUT2D eigenvalue weighted by Gasteiger charge is -2.18. The van der Waals surface area contributed by atoms with Crippen LogP contribution >= 0.6 is 22.7 Å². The van der Waals surface area contributed by atoms with Crippen LogP contribution in [0, 0.1) is 11.8 Å². The minimum absolute atomic E-state index is 0.0119. The summed E-state index contributed by atoms with van der Waals surface area (Å²) >= 11 is 3.44. The molecule has 1 aromatic carbocycles. The van der Waals surface area contributed by atoms with E-state index >= 15 is 0 Å². The zero-order valence-electron chi connectivity index (χ0n) is 18.2. The van der Waals surface area contributed by atoms with Gasteiger partial charge in [-0.25, -0.2) is 0 Å². The number of hydrogen-bond acceptors (Lipinski definition) is 4. The predicted molar refractivity (Wildman–Crippen MR) is 133 cm³/mol. The molecule has 2 aromatic heterocycles. The molecule has 0 saturated heterocycles. The van der Waals surface area contributed by atoms with Gasteiger partial charge in [0.05, 0.1) is 6.54 Å². The molecule has 0 aliphatic heterocycles. The van der Waals surface area contributed by atoms with Crippen molar-refractivity contribution < 1.29 is 9.59 Å². The van der Waals surface area contributed by atoms with E-state index in [1.54, 1.807) is 22.7 Å². The molecule has 1 saturated carbocycles. The number of rotatable bonds is 10. The van der Waals surface area contributed by atoms with Gasteiger partial charge in [0.2, 0.25) is 11.8 Å². The summed E-state index contributed by atoms with van der Waals surface area (Å²) in [6.07, 6.45) is 5.56. The Balaban J connectivity index is 1.19. The first kappa shape index (κ1) is 22.7. The Kier molecular flexibility index (Phi) is 8.13. The highest BCUT2D eigenvalue weighted by molar-refractivity contribution is 7.21. The van der Waals surface area contributed by atoms with Crippen molar-refractivity contribution in [3.63, 3.8) is 0 Å². The molecule has 2 heterocycles. The Morgan fingerprint density at radius 3 is 2.38 bits per heavy atom. The van der Waals surface area contributed by atoms with Crippen LogP contribution in [0.2, 0.25) is 0 Å². The maximum Gasteiger partial charge on any atom is 0.224 e. The first-order valence-electron chi connectivity index (χ1n) is 11.4. The van der Waals surface area contributed by atoms with Crippen molar-refractivity contribution in [2.75, 3.05) is 6.54 Å². The number of aryl methyl sites for hydroxylation is 1. The van der Waals surface area contributed by atoms with Gasteiger partial charge in [-0.1, -0.05) is 42.8 Å². The van der Waals surface area contributed by atoms with E-state index in [1.807, 2.05) is 6.07 Å². The van der Waals surface area contributed by atoms with Gasteiger partial charge >= 0.3 is 0 Å². The number of carbonyl (C=O) groups is 2. The second-order valence-electron chi connectivity index (χ2n) is 8.34. The van der Waals surface area contributed by atoms with E-state index < -0.39 is 0 Å². The third-order valence-corrected chi connectivity index (χ3v) is 8.24. The fourth-order valence-corrected chi connectivity index (χ4v) is 6.14. The molecule has 2 N–H and O–H groups in total. The number of hydrogen-bond donors (Lipinski definition) is 2. The Labute approximate surface area is 198 Å². The van der Waals surface area contributed by atoms with Crippen molar-refractivity contribution in [2.45, 2.75) is 45.1 Å². The molecule has 2 atom stereocenters. The fourth-order valence-electron chi connectivity index (χ4n) is 4.36. The molecular formula is C26H30N2O2S2. The van der Waals surface area contributed by atoms with Gasteiger partial charge in [0.15, 0.2) is 0 Å². The Morgan fingerprint density at radius 1 is 0.844 bits per heavy atom. The molecule has 1 aliphatic carbocycles. The van der Waals surface area contributed by atoms with Crippen LogP contribution in [0.5, 0.6) is 0 Å². The average molecular weight is 467 g/mol. The van der Waals surface area contributed by atoms with Gasteiger partial charge in [-0.15, -0.1) is 22.7 Å². The van der Waals surface area contributed by atoms with Crippen LogP contribution in [0.1, 0.15) is 42.5 Å². The van der Waals surface area contributed by atoms with Crippen LogP contribution < -0.4 is 10.6 Å². The minimum Gasteiger partial charge on any atom is -0.356 e. The lowest BCUT2D eigenvalue weighted by Crippen LogP contribution is -2.39. The van der Waals surface area contributed by atoms with E-state index in [0.717, 1.165) is 43.4 Å². The van der Waals surface area contributed by atoms with Gasteiger partial charge in [-0.3, -0.25) is 9.59 Å². The maximum atomic E-state index is 12.8. The van der Waals surface area contributed by atoms with E-state index in [9.17, 15) is 9.59 Å². The lowest BCUT2D eigenvalue weighted by molar-refractivity contribution is -0.133. The third kappa shape index (κ3) is 6.08. The van der Waals surface area contributed by atoms with Crippen molar-refractivity contribution in [2.24, 2.45) is 11.8 Å². The smallest absolute Gasteiger partial charge is 0.224 e. The summed E-state index contributed by atoms with van der Waals surface area (Å²) in [7, 11) is 0. The number of thiophene rings is 2. The fraction of sp³-hybridized carbons (Fsp3) is 0.385. The summed E-state index contributed by atoms with van der Waals surface area (Å²) in [4.78, 5) is 29.2. The summed E-state index contributed by atoms with van der Waals surface area (Å²) in [6, 6.07) is 18.8. The zero-order valence-corrected chi connectivity index (χ0v) is 19.9. The molecule has 6 heteroatoms. The van der Waals surface area contributed by atoms with E-state index in [1.165, 1.54) is 15.3 Å². The Bertz CT molecular complexity index is 998. The Hall–Kier alpha value is -2.44.